The maximum atomic E-state index is 4.77. The molecule has 0 bridgehead atoms. The van der Waals surface area contributed by atoms with Crippen molar-refractivity contribution in [3.63, 3.8) is 0 Å². The summed E-state index contributed by atoms with van der Waals surface area (Å²) in [7, 11) is 0. The average Bonchev–Trinajstić information content (AvgIpc) is 3.89. The molecule has 0 aliphatic heterocycles. The van der Waals surface area contributed by atoms with Crippen LogP contribution in [0.15, 0.2) is 279 Å². The van der Waals surface area contributed by atoms with Crippen LogP contribution in [-0.4, -0.2) is 0 Å². The molecule has 8 aromatic rings. The van der Waals surface area contributed by atoms with Crippen molar-refractivity contribution in [2.24, 2.45) is 0 Å². The van der Waals surface area contributed by atoms with Gasteiger partial charge in [0.15, 0.2) is 0 Å². The first kappa shape index (κ1) is 43.8. The first-order valence-electron chi connectivity index (χ1n) is 23.1. The van der Waals surface area contributed by atoms with Crippen LogP contribution in [0.5, 0.6) is 0 Å². The molecule has 0 amide bonds. The fourth-order valence-electron chi connectivity index (χ4n) is 8.69. The molecule has 0 saturated heterocycles. The Balaban J connectivity index is 0.987. The van der Waals surface area contributed by atoms with E-state index in [1.807, 2.05) is 18.2 Å². The Labute approximate surface area is 397 Å². The molecule has 0 heterocycles. The fraction of sp³-hybridized carbons (Fsp3) is 0.0462. The van der Waals surface area contributed by atoms with Crippen LogP contribution in [-0.2, 0) is 0 Å². The Morgan fingerprint density at radius 3 is 1.46 bits per heavy atom. The number of hydrogen-bond donors (Lipinski definition) is 0. The van der Waals surface area contributed by atoms with Crippen LogP contribution in [0.4, 0.5) is 22.7 Å². The molecule has 8 aromatic carbocycles. The van der Waals surface area contributed by atoms with Crippen molar-refractivity contribution in [3.8, 4) is 22.3 Å². The summed E-state index contributed by atoms with van der Waals surface area (Å²) in [6.45, 7) is 8.54. The Morgan fingerprint density at radius 1 is 0.433 bits per heavy atom. The molecular formula is C65H54N2. The van der Waals surface area contributed by atoms with Crippen LogP contribution >= 0.6 is 0 Å². The molecule has 0 radical (unpaired) electrons. The average molecular weight is 863 g/mol. The summed E-state index contributed by atoms with van der Waals surface area (Å²) in [5.74, 6) is 0. The highest BCUT2D eigenvalue weighted by atomic mass is 15.2. The van der Waals surface area contributed by atoms with Gasteiger partial charge in [-0.15, -0.1) is 0 Å². The summed E-state index contributed by atoms with van der Waals surface area (Å²) in [4.78, 5) is 4.70. The molecule has 1 aliphatic carbocycles. The fourth-order valence-corrected chi connectivity index (χ4v) is 8.69. The Hall–Kier alpha value is -8.46. The number of allylic oxidation sites excluding steroid dienone is 9. The predicted octanol–water partition coefficient (Wildman–Crippen LogP) is 18.0. The largest absolute Gasteiger partial charge is 0.318 e. The van der Waals surface area contributed by atoms with Gasteiger partial charge in [0, 0.05) is 40.6 Å². The zero-order chi connectivity index (χ0) is 45.6. The van der Waals surface area contributed by atoms with Crippen molar-refractivity contribution in [2.45, 2.75) is 19.3 Å². The Kier molecular flexibility index (Phi) is 14.0. The molecule has 67 heavy (non-hydrogen) atoms. The zero-order valence-corrected chi connectivity index (χ0v) is 37.8. The summed E-state index contributed by atoms with van der Waals surface area (Å²) >= 11 is 0. The standard InChI is InChI=1S/C65H54N2/c1-3-4-5-10-19-51-29-39-62(40-30-51)67(63-43-34-56(35-44-63)53-22-13-7-14-23-53)64-45-36-58(37-46-64)57-32-41-61(42-33-57)66(65-47-38-60(49-65)55-26-17-9-18-27-55)50(2)28-31-59(54-24-15-8-16-25-54)48-52-20-11-6-12-21-52/h3-27,29-30,32-48H,1-2,28,31,49H2/b5-4-,19-10?,59-48?. The van der Waals surface area contributed by atoms with Crippen molar-refractivity contribution in [1.82, 2.24) is 0 Å². The third kappa shape index (κ3) is 10.9. The second kappa shape index (κ2) is 21.5. The maximum Gasteiger partial charge on any atom is 0.0462 e. The first-order chi connectivity index (χ1) is 33.1. The highest BCUT2D eigenvalue weighted by Crippen LogP contribution is 2.40. The SMILES string of the molecule is C=C/C=C\C=Cc1ccc(N(c2ccc(-c3ccccc3)cc2)c2ccc(-c3ccc(N(C(=C)CCC(=Cc4ccccc4)c4ccccc4)C4=CC=C(c5ccccc5)C4)cc3)cc2)cc1. The molecule has 0 saturated carbocycles. The lowest BCUT2D eigenvalue weighted by molar-refractivity contribution is 0.911. The number of hydrogen-bond acceptors (Lipinski definition) is 2. The number of nitrogens with zero attached hydrogens (tertiary/aromatic N) is 2. The molecule has 324 valence electrons. The second-order valence-electron chi connectivity index (χ2n) is 16.7. The third-order valence-electron chi connectivity index (χ3n) is 12.2. The minimum absolute atomic E-state index is 0.798. The minimum Gasteiger partial charge on any atom is -0.318 e. The second-order valence-corrected chi connectivity index (χ2v) is 16.7. The molecule has 0 aromatic heterocycles. The van der Waals surface area contributed by atoms with Gasteiger partial charge in [-0.25, -0.2) is 0 Å². The van der Waals surface area contributed by atoms with Crippen LogP contribution in [0, 0.1) is 0 Å². The quantitative estimate of drug-likeness (QED) is 0.0665. The van der Waals surface area contributed by atoms with Gasteiger partial charge in [0.1, 0.15) is 0 Å². The van der Waals surface area contributed by atoms with Gasteiger partial charge in [0.05, 0.1) is 0 Å². The molecule has 2 heteroatoms. The van der Waals surface area contributed by atoms with E-state index in [9.17, 15) is 0 Å². The van der Waals surface area contributed by atoms with Crippen LogP contribution in [0.3, 0.4) is 0 Å². The topological polar surface area (TPSA) is 6.48 Å². The minimum atomic E-state index is 0.798. The van der Waals surface area contributed by atoms with E-state index in [0.717, 1.165) is 64.4 Å². The third-order valence-corrected chi connectivity index (χ3v) is 12.2. The predicted molar refractivity (Wildman–Crippen MR) is 289 cm³/mol. The highest BCUT2D eigenvalue weighted by molar-refractivity contribution is 5.83. The zero-order valence-electron chi connectivity index (χ0n) is 37.8. The van der Waals surface area contributed by atoms with E-state index in [-0.39, 0.29) is 0 Å². The summed E-state index contributed by atoms with van der Waals surface area (Å²) in [6, 6.07) is 78.0. The van der Waals surface area contributed by atoms with Gasteiger partial charge in [-0.05, 0) is 123 Å². The van der Waals surface area contributed by atoms with E-state index >= 15 is 0 Å². The normalized spacial score (nSPS) is 12.5. The lowest BCUT2D eigenvalue weighted by atomic mass is 9.97. The van der Waals surface area contributed by atoms with E-state index in [2.05, 4.69) is 259 Å². The number of anilines is 4. The van der Waals surface area contributed by atoms with Gasteiger partial charge < -0.3 is 9.80 Å². The molecule has 1 aliphatic rings. The Morgan fingerprint density at radius 2 is 0.910 bits per heavy atom. The Bertz CT molecular complexity index is 3050. The van der Waals surface area contributed by atoms with E-state index in [0.29, 0.717) is 0 Å². The number of benzene rings is 8. The van der Waals surface area contributed by atoms with Gasteiger partial charge in [-0.1, -0.05) is 226 Å². The molecular weight excluding hydrogens is 809 g/mol. The number of rotatable bonds is 17. The summed E-state index contributed by atoms with van der Waals surface area (Å²) in [5, 5.41) is 0. The van der Waals surface area contributed by atoms with Crippen LogP contribution in [0.1, 0.15) is 41.5 Å². The summed E-state index contributed by atoms with van der Waals surface area (Å²) in [5.41, 5.74) is 18.8. The molecule has 0 atom stereocenters. The van der Waals surface area contributed by atoms with Crippen LogP contribution < -0.4 is 9.80 Å². The molecule has 0 fully saturated rings. The first-order valence-corrected chi connectivity index (χ1v) is 23.1. The van der Waals surface area contributed by atoms with Gasteiger partial charge >= 0.3 is 0 Å². The van der Waals surface area contributed by atoms with Crippen molar-refractivity contribution in [1.29, 1.82) is 0 Å². The molecule has 0 unspecified atom stereocenters. The maximum absolute atomic E-state index is 4.77. The van der Waals surface area contributed by atoms with E-state index in [4.69, 9.17) is 6.58 Å². The van der Waals surface area contributed by atoms with E-state index in [1.165, 1.54) is 44.7 Å². The molecule has 0 N–H and O–H groups in total. The monoisotopic (exact) mass is 862 g/mol. The van der Waals surface area contributed by atoms with Crippen LogP contribution in [0.25, 0.3) is 45.6 Å². The smallest absolute Gasteiger partial charge is 0.0462 e. The van der Waals surface area contributed by atoms with Gasteiger partial charge in [-0.2, -0.15) is 0 Å². The summed E-state index contributed by atoms with van der Waals surface area (Å²) in [6.07, 6.45) is 19.2. The van der Waals surface area contributed by atoms with E-state index < -0.39 is 0 Å². The van der Waals surface area contributed by atoms with Gasteiger partial charge in [0.2, 0.25) is 0 Å². The van der Waals surface area contributed by atoms with Crippen molar-refractivity contribution >= 4 is 46.0 Å². The van der Waals surface area contributed by atoms with Crippen molar-refractivity contribution in [2.75, 3.05) is 9.80 Å². The molecule has 9 rings (SSSR count). The summed E-state index contributed by atoms with van der Waals surface area (Å²) < 4.78 is 0. The molecule has 0 spiro atoms. The van der Waals surface area contributed by atoms with Crippen molar-refractivity contribution in [3.05, 3.63) is 302 Å². The van der Waals surface area contributed by atoms with Gasteiger partial charge in [-0.3, -0.25) is 0 Å². The van der Waals surface area contributed by atoms with Gasteiger partial charge in [0.25, 0.3) is 0 Å². The lowest BCUT2D eigenvalue weighted by Gasteiger charge is -2.29. The highest BCUT2D eigenvalue weighted by Gasteiger charge is 2.21. The molecule has 2 nitrogen and oxygen atoms in total. The van der Waals surface area contributed by atoms with Crippen LogP contribution in [0.2, 0.25) is 0 Å². The lowest BCUT2D eigenvalue weighted by Crippen LogP contribution is -2.21. The van der Waals surface area contributed by atoms with Crippen molar-refractivity contribution < 1.29 is 0 Å². The van der Waals surface area contributed by atoms with E-state index in [1.54, 1.807) is 6.08 Å².